The third kappa shape index (κ3) is 6.35. The molecule has 4 aliphatic heterocycles. The topological polar surface area (TPSA) is 112 Å². The Kier molecular flexibility index (Phi) is 9.55. The van der Waals surface area contributed by atoms with E-state index in [0.29, 0.717) is 51.7 Å². The number of nitrogens with zero attached hydrogens (tertiary/aromatic N) is 5. The van der Waals surface area contributed by atoms with Gasteiger partial charge in [-0.15, -0.1) is 0 Å². The van der Waals surface area contributed by atoms with Gasteiger partial charge in [0.15, 0.2) is 5.17 Å². The summed E-state index contributed by atoms with van der Waals surface area (Å²) in [4.78, 5) is 53.6. The molecule has 10 nitrogen and oxygen atoms in total. The summed E-state index contributed by atoms with van der Waals surface area (Å²) in [5, 5.41) is 1.78. The van der Waals surface area contributed by atoms with Crippen LogP contribution < -0.4 is 5.73 Å². The molecule has 0 aliphatic carbocycles. The van der Waals surface area contributed by atoms with Crippen LogP contribution in [0, 0.1) is 5.92 Å². The number of likely N-dealkylation sites (tertiary alicyclic amines) is 1. The number of primary amides is 1. The Labute approximate surface area is 289 Å². The number of benzene rings is 2. The van der Waals surface area contributed by atoms with Gasteiger partial charge < -0.3 is 30.1 Å². The van der Waals surface area contributed by atoms with Crippen molar-refractivity contribution in [2.45, 2.75) is 57.8 Å². The smallest absolute Gasteiger partial charge is 0.404 e. The lowest BCUT2D eigenvalue weighted by atomic mass is 9.80. The van der Waals surface area contributed by atoms with Gasteiger partial charge in [-0.1, -0.05) is 55.2 Å². The maximum absolute atomic E-state index is 14.5. The van der Waals surface area contributed by atoms with Crippen LogP contribution in [0.1, 0.15) is 56.3 Å². The van der Waals surface area contributed by atoms with Crippen LogP contribution in [0.4, 0.5) is 4.79 Å². The normalized spacial score (nSPS) is 24.7. The van der Waals surface area contributed by atoms with Crippen molar-refractivity contribution in [3.8, 4) is 0 Å². The van der Waals surface area contributed by atoms with Crippen molar-refractivity contribution in [3.63, 3.8) is 0 Å². The van der Waals surface area contributed by atoms with Gasteiger partial charge in [-0.25, -0.2) is 9.79 Å². The minimum atomic E-state index is -0.885. The molecule has 0 radical (unpaired) electrons. The van der Waals surface area contributed by atoms with Crippen LogP contribution >= 0.6 is 35.0 Å². The minimum Gasteiger partial charge on any atom is -0.445 e. The number of carbonyl (C=O) groups excluding carboxylic acids is 3. The van der Waals surface area contributed by atoms with Gasteiger partial charge in [0.25, 0.3) is 5.91 Å². The first-order chi connectivity index (χ1) is 22.4. The number of fused-ring (bicyclic) bond motifs is 1. The average Bonchev–Trinajstić information content (AvgIpc) is 3.74. The van der Waals surface area contributed by atoms with Crippen molar-refractivity contribution in [2.75, 3.05) is 39.8 Å². The lowest BCUT2D eigenvalue weighted by Crippen LogP contribution is -2.53. The SMILES string of the molecule is CC(C)C1=C(C(=O)N2CCC[C@H]2C(=O)N2CCN(C)CC2)SC2=N[C@@](C)(c3ccc(Cl)c(COC(N)=O)c3)[C@@H](c3ccc(Cl)cc3)N21. The van der Waals surface area contributed by atoms with E-state index in [0.717, 1.165) is 36.3 Å². The molecular weight excluding hydrogens is 659 g/mol. The first-order valence-electron chi connectivity index (χ1n) is 15.9. The zero-order chi connectivity index (χ0) is 33.6. The predicted molar refractivity (Wildman–Crippen MR) is 185 cm³/mol. The summed E-state index contributed by atoms with van der Waals surface area (Å²) in [6, 6.07) is 12.5. The number of likely N-dealkylation sites (N-methyl/N-ethyl adjacent to an activating group) is 1. The van der Waals surface area contributed by atoms with E-state index < -0.39 is 17.7 Å². The molecule has 6 rings (SSSR count). The fourth-order valence-electron chi connectivity index (χ4n) is 7.06. The largest absolute Gasteiger partial charge is 0.445 e. The first-order valence-corrected chi connectivity index (χ1v) is 17.5. The van der Waals surface area contributed by atoms with Gasteiger partial charge in [-0.2, -0.15) is 0 Å². The molecule has 2 aromatic carbocycles. The minimum absolute atomic E-state index is 0.0227. The molecule has 0 saturated carbocycles. The van der Waals surface area contributed by atoms with Crippen LogP contribution in [0.15, 0.2) is 58.1 Å². The highest BCUT2D eigenvalue weighted by Gasteiger charge is 2.54. The molecular formula is C34H40Cl2N6O4S. The van der Waals surface area contributed by atoms with E-state index in [4.69, 9.17) is 38.7 Å². The number of nitrogens with two attached hydrogens (primary N) is 1. The number of hydrogen-bond acceptors (Lipinski definition) is 8. The van der Waals surface area contributed by atoms with Gasteiger partial charge in [-0.3, -0.25) is 9.59 Å². The molecule has 2 saturated heterocycles. The Bertz CT molecular complexity index is 1640. The summed E-state index contributed by atoms with van der Waals surface area (Å²) < 4.78 is 5.08. The van der Waals surface area contributed by atoms with E-state index in [9.17, 15) is 14.4 Å². The van der Waals surface area contributed by atoms with Crippen LogP contribution in [0.25, 0.3) is 0 Å². The second-order valence-corrected chi connectivity index (χ2v) is 14.9. The Morgan fingerprint density at radius 3 is 2.43 bits per heavy atom. The monoisotopic (exact) mass is 698 g/mol. The summed E-state index contributed by atoms with van der Waals surface area (Å²) in [5.41, 5.74) is 7.75. The number of ether oxygens (including phenoxy) is 1. The molecule has 0 spiro atoms. The summed E-state index contributed by atoms with van der Waals surface area (Å²) in [7, 11) is 2.06. The summed E-state index contributed by atoms with van der Waals surface area (Å²) in [6.07, 6.45) is 0.573. The van der Waals surface area contributed by atoms with Gasteiger partial charge in [-0.05, 0) is 79.9 Å². The second-order valence-electron chi connectivity index (χ2n) is 13.0. The van der Waals surface area contributed by atoms with E-state index in [1.165, 1.54) is 11.8 Å². The maximum Gasteiger partial charge on any atom is 0.404 e. The van der Waals surface area contributed by atoms with E-state index >= 15 is 0 Å². The quantitative estimate of drug-likeness (QED) is 0.401. The zero-order valence-corrected chi connectivity index (χ0v) is 29.4. The van der Waals surface area contributed by atoms with E-state index in [2.05, 4.69) is 37.6 Å². The number of thioether (sulfide) groups is 1. The Balaban J connectivity index is 1.38. The first kappa shape index (κ1) is 33.6. The van der Waals surface area contributed by atoms with Crippen LogP contribution in [-0.2, 0) is 26.5 Å². The molecule has 0 bridgehead atoms. The fourth-order valence-corrected chi connectivity index (χ4v) is 8.72. The molecule has 47 heavy (non-hydrogen) atoms. The van der Waals surface area contributed by atoms with Gasteiger partial charge in [0.2, 0.25) is 5.91 Å². The molecule has 0 unspecified atom stereocenters. The third-order valence-corrected chi connectivity index (χ3v) is 11.2. The average molecular weight is 700 g/mol. The molecule has 2 fully saturated rings. The Hall–Kier alpha value is -3.25. The van der Waals surface area contributed by atoms with E-state index in [1.54, 1.807) is 11.0 Å². The molecule has 4 heterocycles. The number of amides is 3. The highest BCUT2D eigenvalue weighted by molar-refractivity contribution is 8.18. The molecule has 0 aromatic heterocycles. The van der Waals surface area contributed by atoms with E-state index in [1.807, 2.05) is 41.3 Å². The highest BCUT2D eigenvalue weighted by Crippen LogP contribution is 2.56. The number of amidine groups is 1. The number of aliphatic imine (C=N–C) groups is 1. The molecule has 2 aromatic rings. The number of carbonyl (C=O) groups is 3. The lowest BCUT2D eigenvalue weighted by molar-refractivity contribution is -0.143. The fraction of sp³-hybridized carbons (Fsp3) is 0.471. The number of rotatable bonds is 7. The number of hydrogen-bond donors (Lipinski definition) is 1. The second kappa shape index (κ2) is 13.3. The van der Waals surface area contributed by atoms with Crippen molar-refractivity contribution in [3.05, 3.63) is 79.8 Å². The van der Waals surface area contributed by atoms with Crippen LogP contribution in [0.5, 0.6) is 0 Å². The van der Waals surface area contributed by atoms with Crippen LogP contribution in [-0.4, -0.2) is 88.5 Å². The summed E-state index contributed by atoms with van der Waals surface area (Å²) >= 11 is 14.2. The molecule has 2 N–H and O–H groups in total. The van der Waals surface area contributed by atoms with Crippen molar-refractivity contribution >= 4 is 58.0 Å². The standard InChI is InChI=1S/C34H40Cl2N6O4S/c1-20(2)27-28(31(44)41-13-5-6-26(41)30(43)40-16-14-39(4)15-17-40)47-33-38-34(3,29(42(27)33)21-7-10-24(35)11-8-21)23-9-12-25(36)22(18-23)19-46-32(37)45/h7-12,18,20,26,29H,5-6,13-17,19H2,1-4H3,(H2,37,45)/t26-,29+,34-/m0/s1. The van der Waals surface area contributed by atoms with Gasteiger partial charge in [0.05, 0.1) is 6.04 Å². The van der Waals surface area contributed by atoms with Crippen molar-refractivity contribution in [1.82, 2.24) is 19.6 Å². The molecule has 3 atom stereocenters. The number of halogens is 2. The third-order valence-electron chi connectivity index (χ3n) is 9.55. The zero-order valence-electron chi connectivity index (χ0n) is 27.0. The predicted octanol–water partition coefficient (Wildman–Crippen LogP) is 5.60. The van der Waals surface area contributed by atoms with Crippen molar-refractivity contribution in [2.24, 2.45) is 16.6 Å². The van der Waals surface area contributed by atoms with Gasteiger partial charge in [0, 0.05) is 54.0 Å². The molecule has 250 valence electrons. The van der Waals surface area contributed by atoms with Crippen LogP contribution in [0.2, 0.25) is 10.0 Å². The lowest BCUT2D eigenvalue weighted by Gasteiger charge is -2.37. The Morgan fingerprint density at radius 2 is 1.77 bits per heavy atom. The summed E-state index contributed by atoms with van der Waals surface area (Å²) in [5.74, 6) is -0.0953. The van der Waals surface area contributed by atoms with Crippen molar-refractivity contribution in [1.29, 1.82) is 0 Å². The van der Waals surface area contributed by atoms with Crippen molar-refractivity contribution < 1.29 is 19.1 Å². The number of piperazine rings is 1. The number of allylic oxidation sites excluding steroid dienone is 1. The molecule has 4 aliphatic rings. The van der Waals surface area contributed by atoms with E-state index in [-0.39, 0.29) is 30.4 Å². The van der Waals surface area contributed by atoms with Crippen LogP contribution in [0.3, 0.4) is 0 Å². The highest BCUT2D eigenvalue weighted by atomic mass is 35.5. The Morgan fingerprint density at radius 1 is 1.06 bits per heavy atom. The van der Waals surface area contributed by atoms with Gasteiger partial charge in [0.1, 0.15) is 23.1 Å². The maximum atomic E-state index is 14.5. The molecule has 3 amide bonds. The van der Waals surface area contributed by atoms with Gasteiger partial charge >= 0.3 is 6.09 Å². The molecule has 13 heteroatoms. The summed E-state index contributed by atoms with van der Waals surface area (Å²) in [6.45, 7) is 9.71.